The normalized spacial score (nSPS) is 12.9. The van der Waals surface area contributed by atoms with Crippen molar-refractivity contribution in [1.82, 2.24) is 0 Å². The van der Waals surface area contributed by atoms with Crippen molar-refractivity contribution in [3.8, 4) is 5.75 Å². The Morgan fingerprint density at radius 3 is 1.94 bits per heavy atom. The van der Waals surface area contributed by atoms with Gasteiger partial charge in [-0.15, -0.1) is 0 Å². The van der Waals surface area contributed by atoms with Crippen molar-refractivity contribution in [2.75, 3.05) is 0 Å². The van der Waals surface area contributed by atoms with Crippen LogP contribution in [0.1, 0.15) is 5.56 Å². The number of rotatable bonds is 1. The van der Waals surface area contributed by atoms with E-state index in [-0.39, 0.29) is 10.8 Å². The molecule has 0 aliphatic rings. The zero-order valence-corrected chi connectivity index (χ0v) is 8.76. The fourth-order valence-electron chi connectivity index (χ4n) is 1.71. The third-order valence-corrected chi connectivity index (χ3v) is 2.58. The molecule has 0 aromatic heterocycles. The van der Waals surface area contributed by atoms with Crippen molar-refractivity contribution in [3.63, 3.8) is 0 Å². The minimum absolute atomic E-state index is 0.154. The highest BCUT2D eigenvalue weighted by molar-refractivity contribution is 5.91. The van der Waals surface area contributed by atoms with E-state index in [1.807, 2.05) is 0 Å². The molecular weight excluding hydrogens is 255 g/mol. The number of hydrogen-bond acceptors (Lipinski definition) is 0. The number of benzene rings is 2. The first-order chi connectivity index (χ1) is 8.25. The van der Waals surface area contributed by atoms with Crippen LogP contribution in [0.4, 0.5) is 22.0 Å². The van der Waals surface area contributed by atoms with Crippen molar-refractivity contribution >= 4 is 10.8 Å². The van der Waals surface area contributed by atoms with Crippen LogP contribution in [0.25, 0.3) is 10.8 Å². The lowest BCUT2D eigenvalue weighted by molar-refractivity contribution is -0.288. The van der Waals surface area contributed by atoms with Gasteiger partial charge in [0, 0.05) is 10.9 Å². The molecule has 0 spiro atoms. The maximum absolute atomic E-state index is 13.3. The summed E-state index contributed by atoms with van der Waals surface area (Å²) in [5, 5.41) is 10.8. The third kappa shape index (κ3) is 1.77. The Hall–Kier alpha value is -1.85. The lowest BCUT2D eigenvalue weighted by atomic mass is 9.99. The fraction of sp³-hybridized carbons (Fsp3) is 0.167. The maximum atomic E-state index is 13.3. The molecule has 2 rings (SSSR count). The van der Waals surface area contributed by atoms with Crippen LogP contribution in [0, 0.1) is 0 Å². The molecule has 0 saturated carbocycles. The zero-order chi connectivity index (χ0) is 13.6. The van der Waals surface area contributed by atoms with Gasteiger partial charge in [0.25, 0.3) is 0 Å². The van der Waals surface area contributed by atoms with Crippen LogP contribution in [0.3, 0.4) is 0 Å². The molecule has 0 aliphatic carbocycles. The standard InChI is InChI=1S/C12H6F5O/c13-11(14,12(15,16)17)9-5-1-4-8-7(9)3-2-6-10(8)18/h1-6H. The topological polar surface area (TPSA) is 19.9 Å². The molecule has 2 aromatic carbocycles. The van der Waals surface area contributed by atoms with E-state index >= 15 is 0 Å². The summed E-state index contributed by atoms with van der Waals surface area (Å²) in [6.07, 6.45) is -5.69. The maximum Gasteiger partial charge on any atom is 0.458 e. The van der Waals surface area contributed by atoms with Crippen molar-refractivity contribution < 1.29 is 27.1 Å². The van der Waals surface area contributed by atoms with Crippen LogP contribution in [0.2, 0.25) is 0 Å². The third-order valence-electron chi connectivity index (χ3n) is 2.58. The van der Waals surface area contributed by atoms with Gasteiger partial charge in [0.05, 0.1) is 0 Å². The van der Waals surface area contributed by atoms with Gasteiger partial charge in [-0.2, -0.15) is 22.0 Å². The first kappa shape index (κ1) is 12.6. The number of fused-ring (bicyclic) bond motifs is 1. The molecule has 18 heavy (non-hydrogen) atoms. The molecule has 0 amide bonds. The van der Waals surface area contributed by atoms with Crippen LogP contribution in [0.5, 0.6) is 5.75 Å². The molecule has 0 fully saturated rings. The van der Waals surface area contributed by atoms with Gasteiger partial charge in [-0.1, -0.05) is 30.3 Å². The van der Waals surface area contributed by atoms with Crippen molar-refractivity contribution in [2.45, 2.75) is 12.1 Å². The summed E-state index contributed by atoms with van der Waals surface area (Å²) in [6.45, 7) is 0. The largest absolute Gasteiger partial charge is 0.458 e. The Labute approximate surface area is 98.5 Å². The highest BCUT2D eigenvalue weighted by Gasteiger charge is 2.59. The highest BCUT2D eigenvalue weighted by atomic mass is 19.4. The minimum atomic E-state index is -5.69. The van der Waals surface area contributed by atoms with E-state index in [4.69, 9.17) is 0 Å². The molecule has 6 heteroatoms. The average molecular weight is 261 g/mol. The van der Waals surface area contributed by atoms with Crippen LogP contribution < -0.4 is 0 Å². The molecule has 0 unspecified atom stereocenters. The number of halogens is 5. The summed E-state index contributed by atoms with van der Waals surface area (Å²) >= 11 is 0. The van der Waals surface area contributed by atoms with Crippen LogP contribution >= 0.6 is 0 Å². The zero-order valence-electron chi connectivity index (χ0n) is 8.76. The van der Waals surface area contributed by atoms with Crippen molar-refractivity contribution in [1.29, 1.82) is 0 Å². The van der Waals surface area contributed by atoms with Gasteiger partial charge in [-0.3, -0.25) is 5.11 Å². The lowest BCUT2D eigenvalue weighted by Gasteiger charge is -2.21. The summed E-state index contributed by atoms with van der Waals surface area (Å²) in [5.41, 5.74) is -1.20. The Bertz CT molecular complexity index is 589. The van der Waals surface area contributed by atoms with E-state index in [0.717, 1.165) is 24.3 Å². The van der Waals surface area contributed by atoms with Crippen LogP contribution in [0.15, 0.2) is 36.4 Å². The van der Waals surface area contributed by atoms with E-state index in [9.17, 15) is 27.1 Å². The van der Waals surface area contributed by atoms with Crippen molar-refractivity contribution in [2.24, 2.45) is 0 Å². The molecule has 0 bridgehead atoms. The molecule has 1 nitrogen and oxygen atoms in total. The van der Waals surface area contributed by atoms with Gasteiger partial charge in [0.1, 0.15) is 0 Å². The van der Waals surface area contributed by atoms with Gasteiger partial charge in [-0.25, -0.2) is 0 Å². The van der Waals surface area contributed by atoms with Gasteiger partial charge in [0.15, 0.2) is 5.75 Å². The molecular formula is C12H6F5O. The minimum Gasteiger partial charge on any atom is -0.289 e. The van der Waals surface area contributed by atoms with E-state index in [1.54, 1.807) is 0 Å². The second-order valence-electron chi connectivity index (χ2n) is 3.73. The summed E-state index contributed by atoms with van der Waals surface area (Å²) < 4.78 is 63.6. The molecule has 0 saturated heterocycles. The SMILES string of the molecule is [O]c1cccc2c(C(F)(F)C(F)(F)F)cccc12. The van der Waals surface area contributed by atoms with Gasteiger partial charge in [-0.05, 0) is 11.5 Å². The quantitative estimate of drug-likeness (QED) is 0.666. The van der Waals surface area contributed by atoms with E-state index < -0.39 is 23.4 Å². The van der Waals surface area contributed by atoms with E-state index in [0.29, 0.717) is 6.07 Å². The molecule has 0 N–H and O–H groups in total. The summed E-state index contributed by atoms with van der Waals surface area (Å²) in [4.78, 5) is 0. The first-order valence-corrected chi connectivity index (χ1v) is 4.89. The number of hydrogen-bond donors (Lipinski definition) is 0. The number of alkyl halides is 5. The second kappa shape index (κ2) is 3.83. The lowest BCUT2D eigenvalue weighted by Crippen LogP contribution is -2.33. The summed E-state index contributed by atoms with van der Waals surface area (Å²) in [5.74, 6) is -5.58. The van der Waals surface area contributed by atoms with Crippen LogP contribution in [-0.2, 0) is 11.0 Å². The molecule has 0 atom stereocenters. The average Bonchev–Trinajstić information content (AvgIpc) is 2.27. The Morgan fingerprint density at radius 1 is 0.778 bits per heavy atom. The summed E-state index contributed by atoms with van der Waals surface area (Å²) in [7, 11) is 0. The first-order valence-electron chi connectivity index (χ1n) is 4.89. The smallest absolute Gasteiger partial charge is 0.289 e. The van der Waals surface area contributed by atoms with Gasteiger partial charge >= 0.3 is 12.1 Å². The van der Waals surface area contributed by atoms with E-state index in [2.05, 4.69) is 0 Å². The Kier molecular flexibility index (Phi) is 2.68. The molecule has 0 heterocycles. The second-order valence-corrected chi connectivity index (χ2v) is 3.73. The highest BCUT2D eigenvalue weighted by Crippen LogP contribution is 2.46. The fourth-order valence-corrected chi connectivity index (χ4v) is 1.71. The van der Waals surface area contributed by atoms with Gasteiger partial charge in [0.2, 0.25) is 0 Å². The molecule has 95 valence electrons. The van der Waals surface area contributed by atoms with Gasteiger partial charge < -0.3 is 0 Å². The Morgan fingerprint density at radius 2 is 1.33 bits per heavy atom. The molecule has 0 aliphatic heterocycles. The monoisotopic (exact) mass is 261 g/mol. The molecule has 2 aromatic rings. The van der Waals surface area contributed by atoms with Crippen molar-refractivity contribution in [3.05, 3.63) is 42.0 Å². The van der Waals surface area contributed by atoms with Crippen LogP contribution in [-0.4, -0.2) is 6.18 Å². The molecule has 1 radical (unpaired) electrons. The Balaban J connectivity index is 2.77. The summed E-state index contributed by atoms with van der Waals surface area (Å²) in [6, 6.07) is 6.24. The van der Waals surface area contributed by atoms with E-state index in [1.165, 1.54) is 6.07 Å². The predicted molar refractivity (Wildman–Crippen MR) is 54.0 cm³/mol. The predicted octanol–water partition coefficient (Wildman–Crippen LogP) is 4.64.